The summed E-state index contributed by atoms with van der Waals surface area (Å²) in [5.74, 6) is -0.0788. The van der Waals surface area contributed by atoms with Crippen LogP contribution in [0, 0.1) is 5.41 Å². The van der Waals surface area contributed by atoms with Crippen molar-refractivity contribution in [3.8, 4) is 0 Å². The number of aromatic amines is 1. The van der Waals surface area contributed by atoms with Crippen LogP contribution in [0.3, 0.4) is 0 Å². The lowest BCUT2D eigenvalue weighted by atomic mass is 9.97. The Morgan fingerprint density at radius 1 is 1.26 bits per heavy atom. The first-order chi connectivity index (χ1) is 19.7. The average molecular weight is 629 g/mol. The summed E-state index contributed by atoms with van der Waals surface area (Å²) in [7, 11) is -2.80. The number of nitrogen functional groups attached to an aromatic ring is 1. The number of rotatable bonds is 16. The van der Waals surface area contributed by atoms with Gasteiger partial charge in [-0.15, -0.1) is 0 Å². The molecule has 0 amide bonds. The third-order valence-corrected chi connectivity index (χ3v) is 9.12. The molecular weight excluding hydrogens is 591 g/mol. The second-order valence-corrected chi connectivity index (χ2v) is 13.1. The van der Waals surface area contributed by atoms with E-state index in [4.69, 9.17) is 19.5 Å². The van der Waals surface area contributed by atoms with Gasteiger partial charge in [0.2, 0.25) is 5.95 Å². The molecule has 2 heterocycles. The zero-order valence-electron chi connectivity index (χ0n) is 23.7. The predicted molar refractivity (Wildman–Crippen MR) is 156 cm³/mol. The van der Waals surface area contributed by atoms with Gasteiger partial charge in [0.1, 0.15) is 12.2 Å². The summed E-state index contributed by atoms with van der Waals surface area (Å²) in [6, 6.07) is 9.07. The molecule has 0 aliphatic rings. The van der Waals surface area contributed by atoms with Crippen LogP contribution < -0.4 is 16.4 Å². The minimum atomic E-state index is -4.05. The maximum absolute atomic E-state index is 13.7. The first kappa shape index (κ1) is 33.8. The summed E-state index contributed by atoms with van der Waals surface area (Å²) in [5.41, 5.74) is 2.54. The number of H-pyrrole nitrogens is 1. The second kappa shape index (κ2) is 14.2. The summed E-state index contributed by atoms with van der Waals surface area (Å²) in [6.07, 6.45) is -1.84. The summed E-state index contributed by atoms with van der Waals surface area (Å²) in [5, 5.41) is 34.3. The lowest BCUT2D eigenvalue weighted by molar-refractivity contribution is -0.173. The van der Waals surface area contributed by atoms with Crippen molar-refractivity contribution >= 4 is 41.7 Å². The molecule has 15 nitrogen and oxygen atoms in total. The summed E-state index contributed by atoms with van der Waals surface area (Å²) < 4.78 is 31.3. The number of aliphatic hydroxyl groups is 3. The lowest BCUT2D eigenvalue weighted by Crippen LogP contribution is -2.50. The molecule has 0 radical (unpaired) electrons. The van der Waals surface area contributed by atoms with E-state index in [9.17, 15) is 29.5 Å². The maximum Gasteiger partial charge on any atom is 0.405 e. The van der Waals surface area contributed by atoms with Crippen LogP contribution >= 0.6 is 19.5 Å². The Morgan fingerprint density at radius 3 is 2.60 bits per heavy atom. The van der Waals surface area contributed by atoms with Gasteiger partial charge in [0, 0.05) is 19.4 Å². The molecule has 1 aromatic carbocycles. The molecule has 3 aromatic rings. The van der Waals surface area contributed by atoms with Gasteiger partial charge in [-0.05, 0) is 26.3 Å². The zero-order valence-corrected chi connectivity index (χ0v) is 25.4. The van der Waals surface area contributed by atoms with Crippen molar-refractivity contribution in [2.24, 2.45) is 5.41 Å². The Balaban J connectivity index is 1.74. The van der Waals surface area contributed by atoms with Crippen LogP contribution in [-0.2, 0) is 35.4 Å². The normalized spacial score (nSPS) is 16.5. The van der Waals surface area contributed by atoms with Crippen LogP contribution in [-0.4, -0.2) is 84.8 Å². The van der Waals surface area contributed by atoms with Crippen molar-refractivity contribution in [2.75, 3.05) is 38.4 Å². The van der Waals surface area contributed by atoms with E-state index in [1.165, 1.54) is 14.0 Å². The number of anilines is 1. The molecular formula is C25H37N6O9PS. The third kappa shape index (κ3) is 8.24. The van der Waals surface area contributed by atoms with E-state index >= 15 is 0 Å². The molecule has 0 saturated carbocycles. The number of aliphatic hydroxyl groups excluding tert-OH is 2. The average Bonchev–Trinajstić information content (AvgIpc) is 3.40. The Morgan fingerprint density at radius 2 is 1.95 bits per heavy atom. The molecule has 17 heteroatoms. The largest absolute Gasteiger partial charge is 0.405 e. The zero-order chi connectivity index (χ0) is 31.1. The van der Waals surface area contributed by atoms with E-state index in [-0.39, 0.29) is 47.7 Å². The fraction of sp³-hybridized carbons (Fsp3) is 0.520. The number of imidazole rings is 1. The van der Waals surface area contributed by atoms with Gasteiger partial charge in [-0.25, -0.2) is 14.6 Å². The van der Waals surface area contributed by atoms with Gasteiger partial charge < -0.3 is 25.8 Å². The molecule has 42 heavy (non-hydrogen) atoms. The van der Waals surface area contributed by atoms with Gasteiger partial charge in [0.15, 0.2) is 22.0 Å². The molecule has 0 saturated heterocycles. The third-order valence-electron chi connectivity index (χ3n) is 6.38. The van der Waals surface area contributed by atoms with Gasteiger partial charge in [-0.2, -0.15) is 4.98 Å². The number of carbonyl (C=O) groups excluding carboxylic acids is 1. The highest BCUT2D eigenvalue weighted by Gasteiger charge is 2.41. The first-order valence-corrected chi connectivity index (χ1v) is 15.4. The number of hydrogen-bond acceptors (Lipinski definition) is 13. The van der Waals surface area contributed by atoms with Crippen molar-refractivity contribution in [3.05, 3.63) is 52.6 Å². The number of ether oxygens (including phenoxy) is 1. The number of hydrogen-bond donors (Lipinski definition) is 6. The number of aromatic nitrogens is 4. The van der Waals surface area contributed by atoms with Crippen molar-refractivity contribution < 1.29 is 38.5 Å². The van der Waals surface area contributed by atoms with Crippen molar-refractivity contribution in [3.63, 3.8) is 0 Å². The number of benzene rings is 1. The lowest BCUT2D eigenvalue weighted by Gasteiger charge is -2.35. The molecule has 7 N–H and O–H groups in total. The smallest absolute Gasteiger partial charge is 0.395 e. The minimum absolute atomic E-state index is 0.0778. The molecule has 0 fully saturated rings. The number of nitrogens with one attached hydrogen (secondary N) is 2. The van der Waals surface area contributed by atoms with E-state index in [2.05, 4.69) is 20.0 Å². The molecule has 0 aliphatic heterocycles. The van der Waals surface area contributed by atoms with Crippen LogP contribution in [0.15, 0.2) is 41.5 Å². The summed E-state index contributed by atoms with van der Waals surface area (Å²) >= 11 is 0.927. The maximum atomic E-state index is 13.7. The molecule has 0 aliphatic carbocycles. The fourth-order valence-corrected chi connectivity index (χ4v) is 5.92. The topological polar surface area (TPSA) is 224 Å². The predicted octanol–water partition coefficient (Wildman–Crippen LogP) is 0.952. The van der Waals surface area contributed by atoms with Crippen molar-refractivity contribution in [1.29, 1.82) is 0 Å². The minimum Gasteiger partial charge on any atom is -0.395 e. The van der Waals surface area contributed by atoms with E-state index in [1.807, 2.05) is 30.3 Å². The van der Waals surface area contributed by atoms with Crippen molar-refractivity contribution in [2.45, 2.75) is 45.2 Å². The number of nitrogens with zero attached hydrogens (tertiary/aromatic N) is 3. The Kier molecular flexibility index (Phi) is 11.4. The van der Waals surface area contributed by atoms with Gasteiger partial charge in [-0.1, -0.05) is 42.1 Å². The van der Waals surface area contributed by atoms with Gasteiger partial charge in [0.05, 0.1) is 31.6 Å². The molecule has 4 atom stereocenters. The molecule has 2 aromatic heterocycles. The SMILES string of the molecule is CO[C@H](COP(=O)(NCc1ccccc1)OCCSC(=O)C(C)(C)CO)[C@@H](O)[C@@](C)(O)n1cnc2c(=O)[nH]c(N)nc21. The van der Waals surface area contributed by atoms with E-state index in [1.54, 1.807) is 13.8 Å². The molecule has 0 bridgehead atoms. The van der Waals surface area contributed by atoms with E-state index in [0.717, 1.165) is 28.2 Å². The number of methoxy groups -OCH3 is 1. The highest BCUT2D eigenvalue weighted by atomic mass is 32.2. The molecule has 232 valence electrons. The van der Waals surface area contributed by atoms with Crippen LogP contribution in [0.1, 0.15) is 26.3 Å². The van der Waals surface area contributed by atoms with Gasteiger partial charge >= 0.3 is 7.75 Å². The first-order valence-electron chi connectivity index (χ1n) is 12.9. The highest BCUT2D eigenvalue weighted by molar-refractivity contribution is 8.13. The Hall–Kier alpha value is -2.66. The number of thioether (sulfide) groups is 1. The van der Waals surface area contributed by atoms with Crippen molar-refractivity contribution in [1.82, 2.24) is 24.6 Å². The van der Waals surface area contributed by atoms with Crippen LogP contribution in [0.25, 0.3) is 11.2 Å². The van der Waals surface area contributed by atoms with E-state index in [0.29, 0.717) is 0 Å². The fourth-order valence-electron chi connectivity index (χ4n) is 3.68. The summed E-state index contributed by atoms with van der Waals surface area (Å²) in [4.78, 5) is 34.7. The monoisotopic (exact) mass is 628 g/mol. The van der Waals surface area contributed by atoms with E-state index < -0.39 is 43.3 Å². The molecule has 1 unspecified atom stereocenters. The van der Waals surface area contributed by atoms with Gasteiger partial charge in [0.25, 0.3) is 5.56 Å². The molecule has 3 rings (SSSR count). The number of fused-ring (bicyclic) bond motifs is 1. The quantitative estimate of drug-likeness (QED) is 0.0960. The highest BCUT2D eigenvalue weighted by Crippen LogP contribution is 2.45. The number of carbonyl (C=O) groups is 1. The number of nitrogens with two attached hydrogens (primary N) is 1. The second-order valence-electron chi connectivity index (χ2n) is 10.2. The van der Waals surface area contributed by atoms with Crippen LogP contribution in [0.4, 0.5) is 5.95 Å². The van der Waals surface area contributed by atoms with Crippen LogP contribution in [0.5, 0.6) is 0 Å². The molecule has 0 spiro atoms. The van der Waals surface area contributed by atoms with Gasteiger partial charge in [-0.3, -0.25) is 28.2 Å². The van der Waals surface area contributed by atoms with Crippen LogP contribution in [0.2, 0.25) is 0 Å². The Labute approximate surface area is 246 Å². The standard InChI is InChI=1S/C25H37N6O9PS/c1-24(2,14-32)22(35)42-11-10-39-41(37,28-12-16-8-6-5-7-9-16)40-13-17(38-4)19(33)25(3,36)31-15-27-18-20(31)29-23(26)30-21(18)34/h5-9,15,17,19,32-33,36H,10-14H2,1-4H3,(H,28,37)(H3,26,29,30,34)/t17-,19-,25-,41?/m1/s1. The Bertz CT molecular complexity index is 1450. The summed E-state index contributed by atoms with van der Waals surface area (Å²) in [6.45, 7) is 3.62.